The molecule has 0 bridgehead atoms. The minimum absolute atomic E-state index is 0.610. The molecule has 22 heavy (non-hydrogen) atoms. The van der Waals surface area contributed by atoms with Gasteiger partial charge in [0.2, 0.25) is 0 Å². The molecule has 1 heterocycles. The highest BCUT2D eigenvalue weighted by atomic mass is 35.5. The third-order valence-corrected chi connectivity index (χ3v) is 5.84. The Labute approximate surface area is 146 Å². The van der Waals surface area contributed by atoms with Crippen LogP contribution in [-0.4, -0.2) is 42.0 Å². The highest BCUT2D eigenvalue weighted by molar-refractivity contribution is 6.39. The Balaban J connectivity index is 1.87. The van der Waals surface area contributed by atoms with Crippen molar-refractivity contribution < 1.29 is 0 Å². The molecule has 0 N–H and O–H groups in total. The van der Waals surface area contributed by atoms with Crippen molar-refractivity contribution in [2.24, 2.45) is 5.92 Å². The molecule has 2 aliphatic rings. The normalized spacial score (nSPS) is 27.0. The SMILES string of the molecule is C/C(Cl)=C(Cl)\C=C(/C)N1CCN(CC2CCCCC2)C(C)C1. The van der Waals surface area contributed by atoms with Crippen LogP contribution in [0.5, 0.6) is 0 Å². The number of piperazine rings is 1. The first kappa shape index (κ1) is 18.2. The summed E-state index contributed by atoms with van der Waals surface area (Å²) in [7, 11) is 0. The Bertz CT molecular complexity index is 421. The van der Waals surface area contributed by atoms with Crippen LogP contribution in [-0.2, 0) is 0 Å². The van der Waals surface area contributed by atoms with E-state index in [9.17, 15) is 0 Å². The highest BCUT2D eigenvalue weighted by Crippen LogP contribution is 2.26. The maximum atomic E-state index is 6.16. The van der Waals surface area contributed by atoms with Crippen LogP contribution in [0.4, 0.5) is 0 Å². The van der Waals surface area contributed by atoms with Crippen molar-refractivity contribution in [3.63, 3.8) is 0 Å². The van der Waals surface area contributed by atoms with Gasteiger partial charge in [0.1, 0.15) is 0 Å². The Morgan fingerprint density at radius 2 is 1.77 bits per heavy atom. The van der Waals surface area contributed by atoms with E-state index in [1.165, 1.54) is 44.3 Å². The Kier molecular flexibility index (Phi) is 7.11. The van der Waals surface area contributed by atoms with E-state index in [2.05, 4.69) is 23.6 Å². The van der Waals surface area contributed by atoms with Crippen molar-refractivity contribution >= 4 is 23.2 Å². The molecule has 0 aromatic carbocycles. The van der Waals surface area contributed by atoms with Crippen LogP contribution in [0.2, 0.25) is 0 Å². The van der Waals surface area contributed by atoms with Gasteiger partial charge in [0, 0.05) is 43.0 Å². The summed E-state index contributed by atoms with van der Waals surface area (Å²) < 4.78 is 0. The summed E-state index contributed by atoms with van der Waals surface area (Å²) in [6.07, 6.45) is 9.17. The van der Waals surface area contributed by atoms with Gasteiger partial charge in [-0.25, -0.2) is 0 Å². The third-order valence-electron chi connectivity index (χ3n) is 5.15. The lowest BCUT2D eigenvalue weighted by molar-refractivity contribution is 0.0814. The molecule has 1 aliphatic carbocycles. The van der Waals surface area contributed by atoms with Crippen LogP contribution in [0, 0.1) is 5.92 Å². The van der Waals surface area contributed by atoms with Gasteiger partial charge in [0.25, 0.3) is 0 Å². The number of nitrogens with zero attached hydrogens (tertiary/aromatic N) is 2. The summed E-state index contributed by atoms with van der Waals surface area (Å²) in [4.78, 5) is 5.12. The largest absolute Gasteiger partial charge is 0.372 e. The van der Waals surface area contributed by atoms with Gasteiger partial charge in [-0.05, 0) is 45.6 Å². The van der Waals surface area contributed by atoms with Gasteiger partial charge >= 0.3 is 0 Å². The summed E-state index contributed by atoms with van der Waals surface area (Å²) in [5.74, 6) is 0.927. The summed E-state index contributed by atoms with van der Waals surface area (Å²) in [5.41, 5.74) is 1.22. The fourth-order valence-corrected chi connectivity index (χ4v) is 3.87. The van der Waals surface area contributed by atoms with Gasteiger partial charge in [0.15, 0.2) is 0 Å². The predicted molar refractivity (Wildman–Crippen MR) is 97.3 cm³/mol. The lowest BCUT2D eigenvalue weighted by atomic mass is 9.88. The van der Waals surface area contributed by atoms with Crippen molar-refractivity contribution in [3.8, 4) is 0 Å². The molecule has 0 aromatic heterocycles. The average molecular weight is 345 g/mol. The first-order valence-electron chi connectivity index (χ1n) is 8.66. The maximum absolute atomic E-state index is 6.16. The number of halogens is 2. The molecular formula is C18H30Cl2N2. The number of allylic oxidation sites excluding steroid dienone is 4. The van der Waals surface area contributed by atoms with Crippen LogP contribution < -0.4 is 0 Å². The van der Waals surface area contributed by atoms with Gasteiger partial charge in [-0.1, -0.05) is 42.5 Å². The topological polar surface area (TPSA) is 6.48 Å². The van der Waals surface area contributed by atoms with Crippen molar-refractivity contribution in [2.45, 2.75) is 58.9 Å². The molecule has 2 nitrogen and oxygen atoms in total. The van der Waals surface area contributed by atoms with Gasteiger partial charge in [0.05, 0.1) is 5.03 Å². The van der Waals surface area contributed by atoms with Crippen LogP contribution in [0.3, 0.4) is 0 Å². The van der Waals surface area contributed by atoms with E-state index in [0.717, 1.165) is 25.6 Å². The fraction of sp³-hybridized carbons (Fsp3) is 0.778. The van der Waals surface area contributed by atoms with E-state index in [1.54, 1.807) is 0 Å². The molecule has 1 aliphatic heterocycles. The second kappa shape index (κ2) is 8.61. The van der Waals surface area contributed by atoms with Gasteiger partial charge < -0.3 is 4.90 Å². The van der Waals surface area contributed by atoms with Crippen molar-refractivity contribution in [2.75, 3.05) is 26.2 Å². The smallest absolute Gasteiger partial charge is 0.0565 e. The first-order valence-corrected chi connectivity index (χ1v) is 9.42. The van der Waals surface area contributed by atoms with Crippen LogP contribution in [0.15, 0.2) is 21.8 Å². The molecule has 2 fully saturated rings. The van der Waals surface area contributed by atoms with Crippen LogP contribution >= 0.6 is 23.2 Å². The quantitative estimate of drug-likeness (QED) is 0.647. The number of hydrogen-bond donors (Lipinski definition) is 0. The predicted octanol–water partition coefficient (Wildman–Crippen LogP) is 5.19. The van der Waals surface area contributed by atoms with Crippen molar-refractivity contribution in [1.29, 1.82) is 0 Å². The second-order valence-electron chi connectivity index (χ2n) is 6.96. The van der Waals surface area contributed by atoms with E-state index >= 15 is 0 Å². The molecular weight excluding hydrogens is 315 g/mol. The van der Waals surface area contributed by atoms with Gasteiger partial charge in [-0.15, -0.1) is 0 Å². The maximum Gasteiger partial charge on any atom is 0.0565 e. The summed E-state index contributed by atoms with van der Waals surface area (Å²) >= 11 is 12.1. The summed E-state index contributed by atoms with van der Waals surface area (Å²) in [6.45, 7) is 10.9. The zero-order valence-corrected chi connectivity index (χ0v) is 15.8. The molecule has 0 radical (unpaired) electrons. The molecule has 0 amide bonds. The standard InChI is InChI=1S/C18H30Cl2N2/c1-14(11-18(20)16(3)19)21-9-10-22(15(2)12-21)13-17-7-5-4-6-8-17/h11,15,17H,4-10,12-13H2,1-3H3/b14-11+,18-16-. The zero-order valence-electron chi connectivity index (χ0n) is 14.2. The van der Waals surface area contributed by atoms with Crippen molar-refractivity contribution in [1.82, 2.24) is 9.80 Å². The molecule has 1 saturated carbocycles. The second-order valence-corrected chi connectivity index (χ2v) is 7.94. The molecule has 0 aromatic rings. The fourth-order valence-electron chi connectivity index (χ4n) is 3.66. The Hall–Kier alpha value is -0.180. The Morgan fingerprint density at radius 3 is 2.36 bits per heavy atom. The van der Waals surface area contributed by atoms with Gasteiger partial charge in [-0.2, -0.15) is 0 Å². The monoisotopic (exact) mass is 344 g/mol. The zero-order chi connectivity index (χ0) is 16.1. The van der Waals surface area contributed by atoms with E-state index in [1.807, 2.05) is 13.0 Å². The lowest BCUT2D eigenvalue weighted by Crippen LogP contribution is -2.52. The van der Waals surface area contributed by atoms with E-state index in [4.69, 9.17) is 23.2 Å². The van der Waals surface area contributed by atoms with Crippen molar-refractivity contribution in [3.05, 3.63) is 21.8 Å². The summed E-state index contributed by atoms with van der Waals surface area (Å²) in [6, 6.07) is 0.610. The Morgan fingerprint density at radius 1 is 1.09 bits per heavy atom. The summed E-state index contributed by atoms with van der Waals surface area (Å²) in [5, 5.41) is 1.31. The average Bonchev–Trinajstić information content (AvgIpc) is 2.50. The number of rotatable bonds is 4. The van der Waals surface area contributed by atoms with Crippen LogP contribution in [0.1, 0.15) is 52.9 Å². The molecule has 2 rings (SSSR count). The van der Waals surface area contributed by atoms with Crippen LogP contribution in [0.25, 0.3) is 0 Å². The third kappa shape index (κ3) is 5.18. The molecule has 4 heteroatoms. The molecule has 1 atom stereocenters. The molecule has 0 spiro atoms. The molecule has 1 unspecified atom stereocenters. The molecule has 126 valence electrons. The minimum Gasteiger partial charge on any atom is -0.372 e. The highest BCUT2D eigenvalue weighted by Gasteiger charge is 2.26. The van der Waals surface area contributed by atoms with E-state index in [-0.39, 0.29) is 0 Å². The first-order chi connectivity index (χ1) is 10.5. The minimum atomic E-state index is 0.610. The van der Waals surface area contributed by atoms with Gasteiger partial charge in [-0.3, -0.25) is 4.90 Å². The van der Waals surface area contributed by atoms with E-state index < -0.39 is 0 Å². The van der Waals surface area contributed by atoms with E-state index in [0.29, 0.717) is 16.1 Å². The molecule has 1 saturated heterocycles. The lowest BCUT2D eigenvalue weighted by Gasteiger charge is -2.43. The number of hydrogen-bond acceptors (Lipinski definition) is 2.